The number of carbonyl (C=O) groups excluding carboxylic acids is 1. The fraction of sp³-hybridized carbons (Fsp3) is 0.533. The van der Waals surface area contributed by atoms with Crippen LogP contribution in [0, 0.1) is 6.92 Å². The Balaban J connectivity index is 2.13. The van der Waals surface area contributed by atoms with E-state index < -0.39 is 0 Å². The van der Waals surface area contributed by atoms with Crippen LogP contribution in [0.4, 0.5) is 0 Å². The van der Waals surface area contributed by atoms with Gasteiger partial charge >= 0.3 is 0 Å². The predicted molar refractivity (Wildman–Crippen MR) is 75.4 cm³/mol. The van der Waals surface area contributed by atoms with Crippen molar-refractivity contribution >= 4 is 5.91 Å². The van der Waals surface area contributed by atoms with E-state index in [0.717, 1.165) is 5.75 Å². The molecule has 0 aliphatic carbocycles. The fourth-order valence-corrected chi connectivity index (χ4v) is 1.70. The summed E-state index contributed by atoms with van der Waals surface area (Å²) in [6.45, 7) is 5.04. The molecule has 0 aliphatic rings. The van der Waals surface area contributed by atoms with Crippen LogP contribution in [0.3, 0.4) is 0 Å². The first kappa shape index (κ1) is 15.5. The maximum absolute atomic E-state index is 11.6. The SMILES string of the molecule is COC[C@H](C)NC(=O)CCCOc1ccc(C)cc1. The van der Waals surface area contributed by atoms with Gasteiger partial charge in [0.05, 0.1) is 13.2 Å². The van der Waals surface area contributed by atoms with Gasteiger partial charge in [0.15, 0.2) is 0 Å². The first-order chi connectivity index (χ1) is 9.11. The topological polar surface area (TPSA) is 47.6 Å². The molecule has 0 bridgehead atoms. The molecule has 0 radical (unpaired) electrons. The molecule has 0 aromatic heterocycles. The Bertz CT molecular complexity index is 375. The molecule has 0 saturated carbocycles. The Labute approximate surface area is 115 Å². The second kappa shape index (κ2) is 8.53. The summed E-state index contributed by atoms with van der Waals surface area (Å²) in [5, 5.41) is 2.87. The molecule has 1 atom stereocenters. The van der Waals surface area contributed by atoms with Gasteiger partial charge in [0, 0.05) is 19.6 Å². The molecular weight excluding hydrogens is 242 g/mol. The number of hydrogen-bond acceptors (Lipinski definition) is 3. The largest absolute Gasteiger partial charge is 0.494 e. The summed E-state index contributed by atoms with van der Waals surface area (Å²) >= 11 is 0. The molecule has 4 heteroatoms. The number of rotatable bonds is 8. The average Bonchev–Trinajstić information content (AvgIpc) is 2.37. The number of methoxy groups -OCH3 is 1. The monoisotopic (exact) mass is 265 g/mol. The summed E-state index contributed by atoms with van der Waals surface area (Å²) in [7, 11) is 1.62. The zero-order valence-electron chi connectivity index (χ0n) is 11.9. The van der Waals surface area contributed by atoms with Crippen LogP contribution in [-0.2, 0) is 9.53 Å². The highest BCUT2D eigenvalue weighted by atomic mass is 16.5. The molecule has 106 valence electrons. The van der Waals surface area contributed by atoms with Crippen LogP contribution >= 0.6 is 0 Å². The van der Waals surface area contributed by atoms with Crippen LogP contribution in [0.2, 0.25) is 0 Å². The van der Waals surface area contributed by atoms with Gasteiger partial charge < -0.3 is 14.8 Å². The molecule has 0 unspecified atom stereocenters. The van der Waals surface area contributed by atoms with E-state index in [1.165, 1.54) is 5.56 Å². The van der Waals surface area contributed by atoms with Crippen LogP contribution in [0.15, 0.2) is 24.3 Å². The first-order valence-electron chi connectivity index (χ1n) is 6.59. The molecule has 1 rings (SSSR count). The number of benzene rings is 1. The Kier molecular flexibility index (Phi) is 6.97. The van der Waals surface area contributed by atoms with Crippen molar-refractivity contribution in [2.75, 3.05) is 20.3 Å². The lowest BCUT2D eigenvalue weighted by Crippen LogP contribution is -2.35. The predicted octanol–water partition coefficient (Wildman–Crippen LogP) is 2.31. The fourth-order valence-electron chi connectivity index (χ4n) is 1.70. The first-order valence-corrected chi connectivity index (χ1v) is 6.59. The number of ether oxygens (including phenoxy) is 2. The van der Waals surface area contributed by atoms with Crippen LogP contribution in [-0.4, -0.2) is 32.3 Å². The second-order valence-corrected chi connectivity index (χ2v) is 4.69. The zero-order valence-corrected chi connectivity index (χ0v) is 11.9. The van der Waals surface area contributed by atoms with Gasteiger partial charge in [-0.1, -0.05) is 17.7 Å². The smallest absolute Gasteiger partial charge is 0.220 e. The van der Waals surface area contributed by atoms with Gasteiger partial charge in [-0.3, -0.25) is 4.79 Å². The van der Waals surface area contributed by atoms with E-state index in [0.29, 0.717) is 26.1 Å². The van der Waals surface area contributed by atoms with Crippen LogP contribution in [0.25, 0.3) is 0 Å². The maximum atomic E-state index is 11.6. The lowest BCUT2D eigenvalue weighted by Gasteiger charge is -2.12. The Hall–Kier alpha value is -1.55. The summed E-state index contributed by atoms with van der Waals surface area (Å²) in [6.07, 6.45) is 1.18. The van der Waals surface area contributed by atoms with Crippen molar-refractivity contribution in [3.05, 3.63) is 29.8 Å². The highest BCUT2D eigenvalue weighted by Crippen LogP contribution is 2.11. The number of nitrogens with one attached hydrogen (secondary N) is 1. The molecule has 1 aromatic carbocycles. The highest BCUT2D eigenvalue weighted by molar-refractivity contribution is 5.76. The van der Waals surface area contributed by atoms with Crippen molar-refractivity contribution in [1.29, 1.82) is 0 Å². The van der Waals surface area contributed by atoms with E-state index in [1.54, 1.807) is 7.11 Å². The Morgan fingerprint density at radius 1 is 1.32 bits per heavy atom. The average molecular weight is 265 g/mol. The number of amides is 1. The van der Waals surface area contributed by atoms with Gasteiger partial charge in [0.25, 0.3) is 0 Å². The molecule has 0 fully saturated rings. The maximum Gasteiger partial charge on any atom is 0.220 e. The van der Waals surface area contributed by atoms with Gasteiger partial charge in [-0.2, -0.15) is 0 Å². The quantitative estimate of drug-likeness (QED) is 0.734. The van der Waals surface area contributed by atoms with E-state index in [4.69, 9.17) is 9.47 Å². The van der Waals surface area contributed by atoms with E-state index in [9.17, 15) is 4.79 Å². The summed E-state index contributed by atoms with van der Waals surface area (Å²) in [4.78, 5) is 11.6. The van der Waals surface area contributed by atoms with E-state index in [2.05, 4.69) is 5.32 Å². The van der Waals surface area contributed by atoms with Crippen molar-refractivity contribution < 1.29 is 14.3 Å². The molecule has 0 spiro atoms. The van der Waals surface area contributed by atoms with Crippen molar-refractivity contribution in [3.63, 3.8) is 0 Å². The standard InChI is InChI=1S/C15H23NO3/c1-12-6-8-14(9-7-12)19-10-4-5-15(17)16-13(2)11-18-3/h6-9,13H,4-5,10-11H2,1-3H3,(H,16,17)/t13-/m0/s1. The van der Waals surface area contributed by atoms with E-state index in [1.807, 2.05) is 38.1 Å². The molecule has 0 saturated heterocycles. The number of carbonyl (C=O) groups is 1. The van der Waals surface area contributed by atoms with Crippen LogP contribution < -0.4 is 10.1 Å². The molecule has 1 amide bonds. The number of aryl methyl sites for hydroxylation is 1. The van der Waals surface area contributed by atoms with Gasteiger partial charge in [0.1, 0.15) is 5.75 Å². The van der Waals surface area contributed by atoms with Crippen molar-refractivity contribution in [3.8, 4) is 5.75 Å². The van der Waals surface area contributed by atoms with Crippen LogP contribution in [0.1, 0.15) is 25.3 Å². The second-order valence-electron chi connectivity index (χ2n) is 4.69. The molecule has 0 heterocycles. The summed E-state index contributed by atoms with van der Waals surface area (Å²) in [5.74, 6) is 0.885. The van der Waals surface area contributed by atoms with Gasteiger partial charge in [-0.05, 0) is 32.4 Å². The molecule has 1 N–H and O–H groups in total. The van der Waals surface area contributed by atoms with Crippen molar-refractivity contribution in [2.45, 2.75) is 32.7 Å². The lowest BCUT2D eigenvalue weighted by molar-refractivity contribution is -0.122. The zero-order chi connectivity index (χ0) is 14.1. The molecule has 0 aliphatic heterocycles. The number of hydrogen-bond donors (Lipinski definition) is 1. The third-order valence-corrected chi connectivity index (χ3v) is 2.66. The summed E-state index contributed by atoms with van der Waals surface area (Å²) < 4.78 is 10.5. The Morgan fingerprint density at radius 3 is 2.63 bits per heavy atom. The third kappa shape index (κ3) is 6.82. The normalized spacial score (nSPS) is 11.9. The third-order valence-electron chi connectivity index (χ3n) is 2.66. The highest BCUT2D eigenvalue weighted by Gasteiger charge is 2.06. The molecule has 1 aromatic rings. The molecule has 19 heavy (non-hydrogen) atoms. The van der Waals surface area contributed by atoms with Crippen LogP contribution in [0.5, 0.6) is 5.75 Å². The lowest BCUT2D eigenvalue weighted by atomic mass is 10.2. The molecular formula is C15H23NO3. The van der Waals surface area contributed by atoms with Crippen molar-refractivity contribution in [1.82, 2.24) is 5.32 Å². The summed E-state index contributed by atoms with van der Waals surface area (Å²) in [6, 6.07) is 7.95. The van der Waals surface area contributed by atoms with E-state index in [-0.39, 0.29) is 11.9 Å². The molecule has 4 nitrogen and oxygen atoms in total. The minimum absolute atomic E-state index is 0.0389. The van der Waals surface area contributed by atoms with Gasteiger partial charge in [-0.25, -0.2) is 0 Å². The minimum Gasteiger partial charge on any atom is -0.494 e. The Morgan fingerprint density at radius 2 is 2.00 bits per heavy atom. The van der Waals surface area contributed by atoms with Crippen molar-refractivity contribution in [2.24, 2.45) is 0 Å². The van der Waals surface area contributed by atoms with E-state index >= 15 is 0 Å². The minimum atomic E-state index is 0.0389. The van der Waals surface area contributed by atoms with Gasteiger partial charge in [0.2, 0.25) is 5.91 Å². The van der Waals surface area contributed by atoms with Gasteiger partial charge in [-0.15, -0.1) is 0 Å². The summed E-state index contributed by atoms with van der Waals surface area (Å²) in [5.41, 5.74) is 1.21.